The Morgan fingerprint density at radius 2 is 1.59 bits per heavy atom. The predicted molar refractivity (Wildman–Crippen MR) is 88.5 cm³/mol. The molecule has 0 radical (unpaired) electrons. The lowest BCUT2D eigenvalue weighted by Crippen LogP contribution is -2.29. The van der Waals surface area contributed by atoms with Crippen LogP contribution >= 0.6 is 0 Å². The van der Waals surface area contributed by atoms with Crippen molar-refractivity contribution in [1.29, 1.82) is 0 Å². The highest BCUT2D eigenvalue weighted by Gasteiger charge is 2.18. The second-order valence-electron chi connectivity index (χ2n) is 5.08. The fraction of sp³-hybridized carbons (Fsp3) is 0.211. The van der Waals surface area contributed by atoms with Crippen molar-refractivity contribution in [1.82, 2.24) is 4.90 Å². The lowest BCUT2D eigenvalue weighted by molar-refractivity contribution is -0.138. The van der Waals surface area contributed by atoms with Crippen LogP contribution in [0.2, 0.25) is 0 Å². The molecular formula is C19H21NO2. The Morgan fingerprint density at radius 3 is 2.05 bits per heavy atom. The highest BCUT2D eigenvalue weighted by Crippen LogP contribution is 2.27. The molecule has 0 unspecified atom stereocenters. The van der Waals surface area contributed by atoms with Crippen molar-refractivity contribution in [2.75, 3.05) is 20.2 Å². The number of ether oxygens (including phenoxy) is 1. The van der Waals surface area contributed by atoms with Crippen LogP contribution in [0.25, 0.3) is 0 Å². The molecule has 0 aromatic heterocycles. The van der Waals surface area contributed by atoms with Gasteiger partial charge in [-0.1, -0.05) is 67.2 Å². The maximum absolute atomic E-state index is 11.1. The lowest BCUT2D eigenvalue weighted by atomic mass is 9.97. The molecule has 0 aliphatic heterocycles. The van der Waals surface area contributed by atoms with Crippen molar-refractivity contribution in [2.24, 2.45) is 0 Å². The number of carbonyl (C=O) groups excluding carboxylic acids is 1. The maximum atomic E-state index is 11.1. The summed E-state index contributed by atoms with van der Waals surface area (Å²) in [5, 5.41) is 0. The number of benzene rings is 2. The molecule has 0 saturated carbocycles. The third-order valence-electron chi connectivity index (χ3n) is 3.53. The number of esters is 1. The minimum atomic E-state index is -0.385. The van der Waals surface area contributed by atoms with E-state index in [1.54, 1.807) is 0 Å². The first kappa shape index (κ1) is 16.0. The van der Waals surface area contributed by atoms with Gasteiger partial charge in [0.05, 0.1) is 6.04 Å². The van der Waals surface area contributed by atoms with E-state index in [9.17, 15) is 4.79 Å². The van der Waals surface area contributed by atoms with Crippen LogP contribution in [-0.2, 0) is 9.53 Å². The van der Waals surface area contributed by atoms with E-state index >= 15 is 0 Å². The van der Waals surface area contributed by atoms with Crippen molar-refractivity contribution >= 4 is 5.97 Å². The first-order valence-corrected chi connectivity index (χ1v) is 7.31. The minimum Gasteiger partial charge on any atom is -0.461 e. The Bertz CT molecular complexity index is 556. The van der Waals surface area contributed by atoms with Gasteiger partial charge >= 0.3 is 5.97 Å². The van der Waals surface area contributed by atoms with Crippen LogP contribution < -0.4 is 0 Å². The molecule has 22 heavy (non-hydrogen) atoms. The number of carbonyl (C=O) groups is 1. The average molecular weight is 295 g/mol. The van der Waals surface area contributed by atoms with Crippen molar-refractivity contribution < 1.29 is 9.53 Å². The van der Waals surface area contributed by atoms with E-state index in [-0.39, 0.29) is 12.0 Å². The zero-order valence-electron chi connectivity index (χ0n) is 12.8. The van der Waals surface area contributed by atoms with Crippen LogP contribution in [0.3, 0.4) is 0 Å². The van der Waals surface area contributed by atoms with Gasteiger partial charge in [-0.05, 0) is 18.2 Å². The van der Waals surface area contributed by atoms with Gasteiger partial charge in [0.15, 0.2) is 0 Å². The molecule has 3 heteroatoms. The quantitative estimate of drug-likeness (QED) is 0.579. The maximum Gasteiger partial charge on any atom is 0.330 e. The highest BCUT2D eigenvalue weighted by atomic mass is 16.5. The smallest absolute Gasteiger partial charge is 0.330 e. The molecule has 114 valence electrons. The Labute approximate surface area is 131 Å². The van der Waals surface area contributed by atoms with E-state index in [4.69, 9.17) is 4.74 Å². The van der Waals surface area contributed by atoms with Crippen molar-refractivity contribution in [3.8, 4) is 0 Å². The lowest BCUT2D eigenvalue weighted by Gasteiger charge is -2.28. The summed E-state index contributed by atoms with van der Waals surface area (Å²) in [6.07, 6.45) is 1.19. The average Bonchev–Trinajstić information content (AvgIpc) is 2.57. The number of nitrogens with zero attached hydrogens (tertiary/aromatic N) is 1. The summed E-state index contributed by atoms with van der Waals surface area (Å²) in [7, 11) is 2.03. The molecular weight excluding hydrogens is 274 g/mol. The monoisotopic (exact) mass is 295 g/mol. The molecule has 0 aliphatic carbocycles. The van der Waals surface area contributed by atoms with Crippen LogP contribution in [-0.4, -0.2) is 31.1 Å². The minimum absolute atomic E-state index is 0.129. The molecule has 0 fully saturated rings. The molecule has 0 bridgehead atoms. The van der Waals surface area contributed by atoms with Gasteiger partial charge in [0.25, 0.3) is 0 Å². The van der Waals surface area contributed by atoms with Crippen LogP contribution in [0.1, 0.15) is 17.2 Å². The fourth-order valence-corrected chi connectivity index (χ4v) is 2.45. The van der Waals surface area contributed by atoms with Gasteiger partial charge in [-0.25, -0.2) is 4.79 Å². The topological polar surface area (TPSA) is 29.5 Å². The molecule has 2 aromatic carbocycles. The third kappa shape index (κ3) is 4.30. The summed E-state index contributed by atoms with van der Waals surface area (Å²) in [5.41, 5.74) is 2.43. The second-order valence-corrected chi connectivity index (χ2v) is 5.08. The normalized spacial score (nSPS) is 10.7. The van der Waals surface area contributed by atoms with Gasteiger partial charge in [0.1, 0.15) is 6.61 Å². The number of hydrogen-bond acceptors (Lipinski definition) is 3. The summed E-state index contributed by atoms with van der Waals surface area (Å²) in [6.45, 7) is 4.39. The number of rotatable bonds is 7. The summed E-state index contributed by atoms with van der Waals surface area (Å²) in [5.74, 6) is -0.385. The van der Waals surface area contributed by atoms with Crippen molar-refractivity contribution in [2.45, 2.75) is 6.04 Å². The standard InChI is InChI=1S/C19H21NO2/c1-3-18(21)22-15-14-20(2)19(16-10-6-4-7-11-16)17-12-8-5-9-13-17/h3-13,19H,1,14-15H2,2H3. The van der Waals surface area contributed by atoms with Crippen molar-refractivity contribution in [3.05, 3.63) is 84.4 Å². The van der Waals surface area contributed by atoms with E-state index in [2.05, 4.69) is 35.7 Å². The van der Waals surface area contributed by atoms with Crippen molar-refractivity contribution in [3.63, 3.8) is 0 Å². The van der Waals surface area contributed by atoms with Gasteiger partial charge in [-0.3, -0.25) is 4.90 Å². The van der Waals surface area contributed by atoms with Gasteiger partial charge in [-0.15, -0.1) is 0 Å². The molecule has 0 aliphatic rings. The highest BCUT2D eigenvalue weighted by molar-refractivity contribution is 5.81. The van der Waals surface area contributed by atoms with Gasteiger partial charge in [0, 0.05) is 12.6 Å². The molecule has 2 aromatic rings. The van der Waals surface area contributed by atoms with Gasteiger partial charge < -0.3 is 4.74 Å². The Balaban J connectivity index is 2.14. The Hall–Kier alpha value is -2.39. The third-order valence-corrected chi connectivity index (χ3v) is 3.53. The summed E-state index contributed by atoms with van der Waals surface area (Å²) in [6, 6.07) is 20.8. The first-order chi connectivity index (χ1) is 10.7. The van der Waals surface area contributed by atoms with E-state index in [0.29, 0.717) is 13.2 Å². The van der Waals surface area contributed by atoms with Crippen LogP contribution in [0.15, 0.2) is 73.3 Å². The first-order valence-electron chi connectivity index (χ1n) is 7.31. The van der Waals surface area contributed by atoms with Gasteiger partial charge in [-0.2, -0.15) is 0 Å². The largest absolute Gasteiger partial charge is 0.461 e. The van der Waals surface area contributed by atoms with Crippen LogP contribution in [0.4, 0.5) is 0 Å². The van der Waals surface area contributed by atoms with Gasteiger partial charge in [0.2, 0.25) is 0 Å². The molecule has 0 saturated heterocycles. The summed E-state index contributed by atoms with van der Waals surface area (Å²) < 4.78 is 5.09. The van der Waals surface area contributed by atoms with Crippen LogP contribution in [0, 0.1) is 0 Å². The Kier molecular flexibility index (Phi) is 5.92. The predicted octanol–water partition coefficient (Wildman–Crippen LogP) is 3.44. The molecule has 0 heterocycles. The summed E-state index contributed by atoms with van der Waals surface area (Å²) >= 11 is 0. The zero-order valence-corrected chi connectivity index (χ0v) is 12.8. The van der Waals surface area contributed by atoms with E-state index < -0.39 is 0 Å². The van der Waals surface area contributed by atoms with E-state index in [1.807, 2.05) is 43.4 Å². The second kappa shape index (κ2) is 8.15. The molecule has 2 rings (SSSR count). The number of hydrogen-bond donors (Lipinski definition) is 0. The number of likely N-dealkylation sites (N-methyl/N-ethyl adjacent to an activating group) is 1. The van der Waals surface area contributed by atoms with E-state index in [1.165, 1.54) is 17.2 Å². The molecule has 3 nitrogen and oxygen atoms in total. The van der Waals surface area contributed by atoms with E-state index in [0.717, 1.165) is 0 Å². The Morgan fingerprint density at radius 1 is 1.09 bits per heavy atom. The van der Waals surface area contributed by atoms with Crippen LogP contribution in [0.5, 0.6) is 0 Å². The fourth-order valence-electron chi connectivity index (χ4n) is 2.45. The molecule has 0 amide bonds. The summed E-state index contributed by atoms with van der Waals surface area (Å²) in [4.78, 5) is 13.3. The SMILES string of the molecule is C=CC(=O)OCCN(C)C(c1ccccc1)c1ccccc1. The molecule has 0 atom stereocenters. The molecule has 0 N–H and O–H groups in total. The zero-order chi connectivity index (χ0) is 15.8. The molecule has 0 spiro atoms.